The normalized spacial score (nSPS) is 16.4. The highest BCUT2D eigenvalue weighted by Crippen LogP contribution is 2.74. The number of rotatable bonds is 8. The minimum atomic E-state index is -3.65. The first-order valence-corrected chi connectivity index (χ1v) is 17.4. The minimum Gasteiger partial charge on any atom is -0.413 e. The molecule has 0 unspecified atom stereocenters. The summed E-state index contributed by atoms with van der Waals surface area (Å²) in [6.07, 6.45) is 0. The van der Waals surface area contributed by atoms with Crippen LogP contribution in [0.3, 0.4) is 0 Å². The van der Waals surface area contributed by atoms with Gasteiger partial charge in [-0.2, -0.15) is 0 Å². The number of hydrogen-bond acceptors (Lipinski definition) is 9. The van der Waals surface area contributed by atoms with Crippen LogP contribution in [-0.4, -0.2) is 0 Å². The lowest BCUT2D eigenvalue weighted by molar-refractivity contribution is 0.460. The molecular formula is C28H32N5O4P3. The highest BCUT2D eigenvalue weighted by molar-refractivity contribution is 7.80. The minimum absolute atomic E-state index is 0.490. The number of hydrogen-bond donors (Lipinski definition) is 2. The Morgan fingerprint density at radius 3 is 0.925 bits per heavy atom. The molecule has 0 aromatic heterocycles. The predicted octanol–water partition coefficient (Wildman–Crippen LogP) is 9.31. The molecule has 1 aliphatic heterocycles. The molecule has 4 aromatic rings. The number of aryl methyl sites for hydroxylation is 4. The maximum absolute atomic E-state index is 6.57. The van der Waals surface area contributed by atoms with Gasteiger partial charge in [-0.1, -0.05) is 75.3 Å². The summed E-state index contributed by atoms with van der Waals surface area (Å²) in [6.45, 7) is 7.96. The Hall–Kier alpha value is -3.31. The van der Waals surface area contributed by atoms with E-state index in [-0.39, 0.29) is 0 Å². The van der Waals surface area contributed by atoms with Crippen molar-refractivity contribution < 1.29 is 18.1 Å². The average molecular weight is 596 g/mol. The quantitative estimate of drug-likeness (QED) is 0.196. The molecule has 0 aliphatic carbocycles. The second-order valence-corrected chi connectivity index (χ2v) is 15.8. The van der Waals surface area contributed by atoms with Gasteiger partial charge in [0.25, 0.3) is 0 Å². The van der Waals surface area contributed by atoms with Crippen molar-refractivity contribution in [3.63, 3.8) is 0 Å². The van der Waals surface area contributed by atoms with Gasteiger partial charge in [0, 0.05) is 0 Å². The van der Waals surface area contributed by atoms with Gasteiger partial charge in [-0.25, -0.2) is 0 Å². The summed E-state index contributed by atoms with van der Waals surface area (Å²) in [4.78, 5) is 0. The molecule has 4 N–H and O–H groups in total. The van der Waals surface area contributed by atoms with Gasteiger partial charge in [0.05, 0.1) is 0 Å². The van der Waals surface area contributed by atoms with Crippen molar-refractivity contribution in [2.45, 2.75) is 27.7 Å². The molecule has 1 heterocycles. The maximum Gasteiger partial charge on any atom is 0.457 e. The van der Waals surface area contributed by atoms with Crippen LogP contribution in [0.2, 0.25) is 0 Å². The number of nitrogens with zero attached hydrogens (tertiary/aromatic N) is 3. The zero-order valence-electron chi connectivity index (χ0n) is 22.7. The van der Waals surface area contributed by atoms with Gasteiger partial charge in [-0.05, 0) is 76.2 Å². The largest absolute Gasteiger partial charge is 0.457 e. The lowest BCUT2D eigenvalue weighted by Crippen LogP contribution is -2.12. The van der Waals surface area contributed by atoms with Crippen LogP contribution < -0.4 is 29.1 Å². The monoisotopic (exact) mass is 595 g/mol. The summed E-state index contributed by atoms with van der Waals surface area (Å²) in [5.41, 5.74) is 17.4. The third-order valence-electron chi connectivity index (χ3n) is 5.72. The molecule has 0 atom stereocenters. The van der Waals surface area contributed by atoms with Crippen LogP contribution in [0.4, 0.5) is 0 Å². The highest BCUT2D eigenvalue weighted by Gasteiger charge is 2.43. The van der Waals surface area contributed by atoms with Gasteiger partial charge in [-0.3, -0.25) is 11.0 Å². The fraction of sp³-hybridized carbons (Fsp3) is 0.143. The van der Waals surface area contributed by atoms with Gasteiger partial charge in [0.15, 0.2) is 0 Å². The van der Waals surface area contributed by atoms with E-state index in [0.717, 1.165) is 22.3 Å². The van der Waals surface area contributed by atoms with E-state index in [1.807, 2.05) is 125 Å². The van der Waals surface area contributed by atoms with Gasteiger partial charge < -0.3 is 18.1 Å². The lowest BCUT2D eigenvalue weighted by atomic mass is 10.2. The molecule has 40 heavy (non-hydrogen) atoms. The molecule has 0 saturated heterocycles. The van der Waals surface area contributed by atoms with Crippen LogP contribution in [0, 0.1) is 27.7 Å². The first kappa shape index (κ1) is 28.2. The predicted molar refractivity (Wildman–Crippen MR) is 164 cm³/mol. The number of nitrogens with two attached hydrogens (primary N) is 2. The van der Waals surface area contributed by atoms with Crippen molar-refractivity contribution in [3.05, 3.63) is 119 Å². The lowest BCUT2D eigenvalue weighted by Gasteiger charge is -2.31. The highest BCUT2D eigenvalue weighted by atomic mass is 31.3. The van der Waals surface area contributed by atoms with Crippen LogP contribution >= 0.6 is 22.8 Å². The molecule has 4 aromatic carbocycles. The summed E-state index contributed by atoms with van der Waals surface area (Å²) in [7, 11) is -10.7. The summed E-state index contributed by atoms with van der Waals surface area (Å²) >= 11 is 0. The van der Waals surface area contributed by atoms with Crippen LogP contribution in [0.25, 0.3) is 0 Å². The van der Waals surface area contributed by atoms with Crippen molar-refractivity contribution in [2.75, 3.05) is 0 Å². The third kappa shape index (κ3) is 7.06. The summed E-state index contributed by atoms with van der Waals surface area (Å²) in [6, 6.07) is 30.0. The molecule has 0 spiro atoms. The molecule has 5 rings (SSSR count). The zero-order chi connectivity index (χ0) is 28.4. The fourth-order valence-corrected chi connectivity index (χ4v) is 12.0. The third-order valence-corrected chi connectivity index (χ3v) is 13.4. The van der Waals surface area contributed by atoms with Crippen molar-refractivity contribution >= 4 is 22.8 Å². The molecule has 0 amide bonds. The van der Waals surface area contributed by atoms with Crippen LogP contribution in [0.15, 0.2) is 111 Å². The van der Waals surface area contributed by atoms with Gasteiger partial charge >= 0.3 is 15.3 Å². The Balaban J connectivity index is 1.72. The fourth-order valence-electron chi connectivity index (χ4n) is 3.69. The maximum atomic E-state index is 6.57. The van der Waals surface area contributed by atoms with Crippen LogP contribution in [0.1, 0.15) is 22.3 Å². The van der Waals surface area contributed by atoms with Crippen molar-refractivity contribution in [1.29, 1.82) is 0 Å². The summed E-state index contributed by atoms with van der Waals surface area (Å²) in [5, 5.41) is 0. The van der Waals surface area contributed by atoms with Crippen LogP contribution in [-0.2, 0) is 0 Å². The second kappa shape index (κ2) is 11.3. The molecule has 208 valence electrons. The average Bonchev–Trinajstić information content (AvgIpc) is 2.89. The Morgan fingerprint density at radius 1 is 0.400 bits per heavy atom. The molecule has 0 fully saturated rings. The SMILES string of the molecule is Cc1ccc(OP2(Oc3ccc(C)cc3)=NP(N)(N)=NP(Oc3ccc(C)cc3)(Oc3ccc(C)cc3)=N2)cc1. The van der Waals surface area contributed by atoms with Crippen LogP contribution in [0.5, 0.6) is 23.0 Å². The van der Waals surface area contributed by atoms with Crippen molar-refractivity contribution in [1.82, 2.24) is 0 Å². The first-order valence-electron chi connectivity index (χ1n) is 12.5. The topological polar surface area (TPSA) is 126 Å². The second-order valence-electron chi connectivity index (χ2n) is 9.57. The number of benzene rings is 4. The molecular weight excluding hydrogens is 563 g/mol. The Bertz CT molecular complexity index is 1460. The van der Waals surface area contributed by atoms with E-state index in [1.165, 1.54) is 0 Å². The molecule has 9 nitrogen and oxygen atoms in total. The standard InChI is InChI=1S/C28H32N5O4P3/c1-21-5-13-25(14-6-21)34-39(35-26-15-7-22(2)8-16-26)31-38(29,30)32-40(33-39,36-27-17-9-23(3)10-18-27)37-28-19-11-24(4)12-20-28/h5-20H,29-30H2,1-4H3. The van der Waals surface area contributed by atoms with Gasteiger partial charge in [-0.15, -0.1) is 9.03 Å². The van der Waals surface area contributed by atoms with E-state index in [2.05, 4.69) is 9.03 Å². The Labute approximate surface area is 235 Å². The Kier molecular flexibility index (Phi) is 7.96. The van der Waals surface area contributed by atoms with Crippen molar-refractivity contribution in [3.8, 4) is 23.0 Å². The first-order chi connectivity index (χ1) is 19.0. The van der Waals surface area contributed by atoms with E-state index in [1.54, 1.807) is 0 Å². The van der Waals surface area contributed by atoms with E-state index in [9.17, 15) is 0 Å². The Morgan fingerprint density at radius 2 is 0.650 bits per heavy atom. The summed E-state index contributed by atoms with van der Waals surface area (Å²) in [5.74, 6) is 1.96. The molecule has 1 aliphatic rings. The van der Waals surface area contributed by atoms with E-state index in [4.69, 9.17) is 33.6 Å². The van der Waals surface area contributed by atoms with Gasteiger partial charge in [0.2, 0.25) is 7.51 Å². The van der Waals surface area contributed by atoms with E-state index >= 15 is 0 Å². The zero-order valence-corrected chi connectivity index (χ0v) is 25.4. The molecule has 12 heteroatoms. The van der Waals surface area contributed by atoms with Crippen molar-refractivity contribution in [2.24, 2.45) is 24.6 Å². The molecule has 0 radical (unpaired) electrons. The molecule has 0 bridgehead atoms. The smallest absolute Gasteiger partial charge is 0.413 e. The van der Waals surface area contributed by atoms with Gasteiger partial charge in [0.1, 0.15) is 23.0 Å². The van der Waals surface area contributed by atoms with E-state index < -0.39 is 22.8 Å². The molecule has 0 saturated carbocycles. The summed E-state index contributed by atoms with van der Waals surface area (Å²) < 4.78 is 40.2. The van der Waals surface area contributed by atoms with E-state index in [0.29, 0.717) is 23.0 Å².